The van der Waals surface area contributed by atoms with E-state index in [0.29, 0.717) is 0 Å². The Balaban J connectivity index is 3.26. The van der Waals surface area contributed by atoms with Crippen LogP contribution in [0.3, 0.4) is 0 Å². The molecule has 0 nitrogen and oxygen atoms in total. The summed E-state index contributed by atoms with van der Waals surface area (Å²) in [6.45, 7) is 6.78. The zero-order valence-corrected chi connectivity index (χ0v) is 10.8. The van der Waals surface area contributed by atoms with Gasteiger partial charge in [0, 0.05) is 5.75 Å². The molecule has 0 spiro atoms. The van der Waals surface area contributed by atoms with Gasteiger partial charge in [-0.3, -0.25) is 0 Å². The van der Waals surface area contributed by atoms with Crippen molar-refractivity contribution in [1.82, 2.24) is 0 Å². The molecule has 1 unspecified atom stereocenters. The van der Waals surface area contributed by atoms with E-state index in [-0.39, 0.29) is 0 Å². The zero-order chi connectivity index (χ0) is 9.23. The third-order valence-electron chi connectivity index (χ3n) is 1.30. The Hall–Kier alpha value is 1.05. The molecule has 0 aliphatic heterocycles. The van der Waals surface area contributed by atoms with Crippen LogP contribution in [0.4, 0.5) is 0 Å². The van der Waals surface area contributed by atoms with E-state index in [1.807, 2.05) is 10.8 Å². The summed E-state index contributed by atoms with van der Waals surface area (Å²) in [5, 5.41) is 0. The molecule has 0 heterocycles. The maximum Gasteiger partial charge on any atom is 0.0603 e. The molecular weight excluding hydrogens is 204 g/mol. The van der Waals surface area contributed by atoms with Crippen LogP contribution in [0.15, 0.2) is 0 Å². The first kappa shape index (κ1) is 13.1. The van der Waals surface area contributed by atoms with Gasteiger partial charge in [-0.25, -0.2) is 0 Å². The summed E-state index contributed by atoms with van der Waals surface area (Å²) in [7, 11) is 4.10. The topological polar surface area (TPSA) is 0 Å². The van der Waals surface area contributed by atoms with Gasteiger partial charge >= 0.3 is 0 Å². The normalized spacial score (nSPS) is 13.2. The number of thioether (sulfide) groups is 1. The van der Waals surface area contributed by atoms with E-state index in [9.17, 15) is 0 Å². The minimum Gasteiger partial charge on any atom is -0.147 e. The highest BCUT2D eigenvalue weighted by Crippen LogP contribution is 2.36. The number of rotatable bonds is 8. The molecule has 0 amide bonds. The standard InChI is InChI=1S/C9H20S3/c1-4-7-10-9(6-3)12-11-8-5-2/h9H,4-8H2,1-3H3. The van der Waals surface area contributed by atoms with Crippen molar-refractivity contribution in [1.29, 1.82) is 0 Å². The molecule has 0 aromatic carbocycles. The lowest BCUT2D eigenvalue weighted by atomic mass is 10.6. The zero-order valence-electron chi connectivity index (χ0n) is 8.34. The van der Waals surface area contributed by atoms with Crippen LogP contribution in [0.2, 0.25) is 0 Å². The van der Waals surface area contributed by atoms with Crippen LogP contribution in [0.25, 0.3) is 0 Å². The fraction of sp³-hybridized carbons (Fsp3) is 1.00. The fourth-order valence-corrected chi connectivity index (χ4v) is 5.12. The van der Waals surface area contributed by atoms with Crippen molar-refractivity contribution in [3.63, 3.8) is 0 Å². The van der Waals surface area contributed by atoms with Gasteiger partial charge in [0.1, 0.15) is 0 Å². The third kappa shape index (κ3) is 7.69. The second-order valence-electron chi connectivity index (χ2n) is 2.63. The third-order valence-corrected chi connectivity index (χ3v) is 6.58. The number of hydrogen-bond donors (Lipinski definition) is 0. The Kier molecular flexibility index (Phi) is 11.0. The summed E-state index contributed by atoms with van der Waals surface area (Å²) >= 11 is 2.11. The predicted molar refractivity (Wildman–Crippen MR) is 67.2 cm³/mol. The second kappa shape index (κ2) is 10.1. The predicted octanol–water partition coefficient (Wildman–Crippen LogP) is 4.66. The van der Waals surface area contributed by atoms with Crippen molar-refractivity contribution in [2.75, 3.05) is 11.5 Å². The van der Waals surface area contributed by atoms with Crippen LogP contribution in [0.1, 0.15) is 40.0 Å². The minimum atomic E-state index is 0.821. The first-order valence-corrected chi connectivity index (χ1v) is 8.18. The average Bonchev–Trinajstić information content (AvgIpc) is 2.11. The molecule has 0 radical (unpaired) electrons. The summed E-state index contributed by atoms with van der Waals surface area (Å²) < 4.78 is 0.821. The summed E-state index contributed by atoms with van der Waals surface area (Å²) in [6.07, 6.45) is 3.90. The van der Waals surface area contributed by atoms with Crippen molar-refractivity contribution in [3.05, 3.63) is 0 Å². The lowest BCUT2D eigenvalue weighted by molar-refractivity contribution is 1.04. The van der Waals surface area contributed by atoms with Gasteiger partial charge in [-0.1, -0.05) is 42.4 Å². The maximum atomic E-state index is 2.28. The first-order valence-electron chi connectivity index (χ1n) is 4.74. The van der Waals surface area contributed by atoms with Crippen LogP contribution in [0.5, 0.6) is 0 Å². The first-order chi connectivity index (χ1) is 5.85. The minimum absolute atomic E-state index is 0.821. The van der Waals surface area contributed by atoms with Crippen molar-refractivity contribution < 1.29 is 0 Å². The molecule has 0 fully saturated rings. The molecule has 0 saturated heterocycles. The smallest absolute Gasteiger partial charge is 0.0603 e. The summed E-state index contributed by atoms with van der Waals surface area (Å²) in [6, 6.07) is 0. The van der Waals surface area contributed by atoms with Crippen molar-refractivity contribution in [3.8, 4) is 0 Å². The Labute approximate surface area is 89.4 Å². The van der Waals surface area contributed by atoms with Gasteiger partial charge in [-0.15, -0.1) is 11.8 Å². The van der Waals surface area contributed by atoms with Gasteiger partial charge in [-0.2, -0.15) is 0 Å². The lowest BCUT2D eigenvalue weighted by Gasteiger charge is -2.11. The Morgan fingerprint density at radius 1 is 1.00 bits per heavy atom. The SMILES string of the molecule is CCCSSC(CC)SCCC. The molecule has 0 aliphatic carbocycles. The van der Waals surface area contributed by atoms with E-state index < -0.39 is 0 Å². The number of hydrogen-bond acceptors (Lipinski definition) is 3. The molecule has 0 aliphatic rings. The Morgan fingerprint density at radius 2 is 1.67 bits per heavy atom. The van der Waals surface area contributed by atoms with Gasteiger partial charge in [0.15, 0.2) is 0 Å². The van der Waals surface area contributed by atoms with E-state index in [1.165, 1.54) is 30.8 Å². The highest BCUT2D eigenvalue weighted by Gasteiger charge is 2.05. The lowest BCUT2D eigenvalue weighted by Crippen LogP contribution is -1.93. The Morgan fingerprint density at radius 3 is 2.17 bits per heavy atom. The van der Waals surface area contributed by atoms with Crippen LogP contribution < -0.4 is 0 Å². The molecule has 0 saturated carbocycles. The highest BCUT2D eigenvalue weighted by molar-refractivity contribution is 8.78. The van der Waals surface area contributed by atoms with E-state index in [2.05, 4.69) is 43.3 Å². The fourth-order valence-electron chi connectivity index (χ4n) is 0.670. The van der Waals surface area contributed by atoms with Crippen LogP contribution in [-0.4, -0.2) is 16.1 Å². The van der Waals surface area contributed by atoms with Crippen LogP contribution in [0, 0.1) is 0 Å². The summed E-state index contributed by atoms with van der Waals surface area (Å²) in [5.41, 5.74) is 0. The van der Waals surface area contributed by atoms with Gasteiger partial charge < -0.3 is 0 Å². The molecule has 3 heteroatoms. The van der Waals surface area contributed by atoms with E-state index in [4.69, 9.17) is 0 Å². The molecule has 12 heavy (non-hydrogen) atoms. The van der Waals surface area contributed by atoms with Crippen LogP contribution >= 0.6 is 33.3 Å². The average molecular weight is 224 g/mol. The highest BCUT2D eigenvalue weighted by atomic mass is 33.1. The van der Waals surface area contributed by atoms with Gasteiger partial charge in [0.2, 0.25) is 0 Å². The van der Waals surface area contributed by atoms with Crippen LogP contribution in [-0.2, 0) is 0 Å². The van der Waals surface area contributed by atoms with Crippen molar-refractivity contribution >= 4 is 33.3 Å². The molecule has 0 aromatic rings. The van der Waals surface area contributed by atoms with Crippen molar-refractivity contribution in [2.24, 2.45) is 0 Å². The molecule has 0 bridgehead atoms. The van der Waals surface area contributed by atoms with E-state index >= 15 is 0 Å². The molecule has 1 atom stereocenters. The Bertz CT molecular complexity index is 85.8. The second-order valence-corrected chi connectivity index (χ2v) is 6.93. The molecule has 74 valence electrons. The largest absolute Gasteiger partial charge is 0.147 e. The van der Waals surface area contributed by atoms with Gasteiger partial charge in [-0.05, 0) is 25.0 Å². The molecule has 0 N–H and O–H groups in total. The summed E-state index contributed by atoms with van der Waals surface area (Å²) in [5.74, 6) is 2.62. The quantitative estimate of drug-likeness (QED) is 0.334. The van der Waals surface area contributed by atoms with Gasteiger partial charge in [0.05, 0.1) is 4.58 Å². The monoisotopic (exact) mass is 224 g/mol. The van der Waals surface area contributed by atoms with Gasteiger partial charge in [0.25, 0.3) is 0 Å². The summed E-state index contributed by atoms with van der Waals surface area (Å²) in [4.78, 5) is 0. The molecule has 0 aromatic heterocycles. The molecule has 0 rings (SSSR count). The molecular formula is C9H20S3. The van der Waals surface area contributed by atoms with Crippen molar-refractivity contribution in [2.45, 2.75) is 44.6 Å². The van der Waals surface area contributed by atoms with E-state index in [1.54, 1.807) is 0 Å². The maximum absolute atomic E-state index is 2.28. The van der Waals surface area contributed by atoms with E-state index in [0.717, 1.165) is 4.58 Å².